The summed E-state index contributed by atoms with van der Waals surface area (Å²) in [5.74, 6) is 2.33. The first kappa shape index (κ1) is 7.77. The predicted octanol–water partition coefficient (Wildman–Crippen LogP) is 2.06. The molecule has 0 heterocycles. The third-order valence-corrected chi connectivity index (χ3v) is 1.38. The summed E-state index contributed by atoms with van der Waals surface area (Å²) in [5.41, 5.74) is 0.926. The van der Waals surface area contributed by atoms with Crippen molar-refractivity contribution in [2.75, 3.05) is 5.32 Å². The molecule has 0 fully saturated rings. The van der Waals surface area contributed by atoms with Crippen LogP contribution in [0.3, 0.4) is 0 Å². The van der Waals surface area contributed by atoms with Crippen LogP contribution in [-0.4, -0.2) is 4.99 Å². The fourth-order valence-electron chi connectivity index (χ4n) is 0.689. The number of anilines is 1. The number of hydrogen-bond acceptors (Lipinski definition) is 1. The molecule has 0 atom stereocenters. The Kier molecular flexibility index (Phi) is 2.65. The highest BCUT2D eigenvalue weighted by atomic mass is 32.1. The van der Waals surface area contributed by atoms with E-state index >= 15 is 0 Å². The predicted molar refractivity (Wildman–Crippen MR) is 51.5 cm³/mol. The number of benzene rings is 1. The molecule has 11 heavy (non-hydrogen) atoms. The minimum Gasteiger partial charge on any atom is -0.340 e. The second-order valence-corrected chi connectivity index (χ2v) is 2.37. The number of terminal acetylenes is 1. The average molecular weight is 161 g/mol. The van der Waals surface area contributed by atoms with Crippen molar-refractivity contribution in [2.24, 2.45) is 0 Å². The molecule has 0 spiro atoms. The lowest BCUT2D eigenvalue weighted by Crippen LogP contribution is -2.04. The van der Waals surface area contributed by atoms with E-state index in [-0.39, 0.29) is 0 Å². The zero-order valence-electron chi connectivity index (χ0n) is 5.87. The van der Waals surface area contributed by atoms with Crippen molar-refractivity contribution in [1.29, 1.82) is 0 Å². The van der Waals surface area contributed by atoms with Crippen LogP contribution in [-0.2, 0) is 0 Å². The summed E-state index contributed by atoms with van der Waals surface area (Å²) in [7, 11) is 0. The van der Waals surface area contributed by atoms with E-state index in [1.54, 1.807) is 0 Å². The van der Waals surface area contributed by atoms with Gasteiger partial charge in [-0.3, -0.25) is 0 Å². The molecule has 1 N–H and O–H groups in total. The van der Waals surface area contributed by atoms with Gasteiger partial charge in [0.25, 0.3) is 0 Å². The van der Waals surface area contributed by atoms with Crippen LogP contribution in [0.1, 0.15) is 0 Å². The maximum Gasteiger partial charge on any atom is 0.154 e. The number of nitrogens with one attached hydrogen (secondary N) is 1. The summed E-state index contributed by atoms with van der Waals surface area (Å²) < 4.78 is 0. The van der Waals surface area contributed by atoms with Crippen molar-refractivity contribution in [2.45, 2.75) is 0 Å². The largest absolute Gasteiger partial charge is 0.340 e. The number of thiocarbonyl (C=S) groups is 1. The van der Waals surface area contributed by atoms with Gasteiger partial charge in [0.1, 0.15) is 0 Å². The minimum atomic E-state index is 0.413. The number of para-hydroxylation sites is 1. The van der Waals surface area contributed by atoms with Crippen LogP contribution in [0.15, 0.2) is 30.3 Å². The molecule has 0 saturated carbocycles. The third-order valence-electron chi connectivity index (χ3n) is 1.16. The van der Waals surface area contributed by atoms with Gasteiger partial charge in [0.2, 0.25) is 0 Å². The van der Waals surface area contributed by atoms with Gasteiger partial charge in [0, 0.05) is 5.69 Å². The van der Waals surface area contributed by atoms with Crippen molar-refractivity contribution in [3.63, 3.8) is 0 Å². The van der Waals surface area contributed by atoms with E-state index in [1.807, 2.05) is 30.3 Å². The molecule has 0 bridgehead atoms. The van der Waals surface area contributed by atoms with Gasteiger partial charge in [-0.15, -0.1) is 6.42 Å². The van der Waals surface area contributed by atoms with Gasteiger partial charge in [0.15, 0.2) is 4.99 Å². The molecule has 0 aliphatic heterocycles. The smallest absolute Gasteiger partial charge is 0.154 e. The Balaban J connectivity index is 2.67. The zero-order valence-corrected chi connectivity index (χ0v) is 6.69. The first-order valence-corrected chi connectivity index (χ1v) is 3.56. The lowest BCUT2D eigenvalue weighted by Gasteiger charge is -2.00. The van der Waals surface area contributed by atoms with Crippen LogP contribution >= 0.6 is 12.2 Å². The third kappa shape index (κ3) is 2.40. The topological polar surface area (TPSA) is 12.0 Å². The molecule has 0 aliphatic carbocycles. The van der Waals surface area contributed by atoms with Crippen molar-refractivity contribution < 1.29 is 0 Å². The van der Waals surface area contributed by atoms with E-state index in [0.29, 0.717) is 4.99 Å². The average Bonchev–Trinajstić information content (AvgIpc) is 2.06. The maximum absolute atomic E-state index is 5.07. The fourth-order valence-corrected chi connectivity index (χ4v) is 0.807. The summed E-state index contributed by atoms with van der Waals surface area (Å²) >= 11 is 4.79. The highest BCUT2D eigenvalue weighted by Crippen LogP contribution is 2.04. The highest BCUT2D eigenvalue weighted by molar-refractivity contribution is 7.81. The molecule has 0 aromatic heterocycles. The number of hydrogen-bond donors (Lipinski definition) is 1. The molecule has 1 nitrogen and oxygen atoms in total. The lowest BCUT2D eigenvalue weighted by molar-refractivity contribution is 1.66. The van der Waals surface area contributed by atoms with E-state index in [1.165, 1.54) is 0 Å². The van der Waals surface area contributed by atoms with Gasteiger partial charge < -0.3 is 5.32 Å². The second-order valence-electron chi connectivity index (χ2n) is 1.96. The van der Waals surface area contributed by atoms with Crippen LogP contribution in [0.2, 0.25) is 0 Å². The molecule has 1 aromatic rings. The fraction of sp³-hybridized carbons (Fsp3) is 0. The summed E-state index contributed by atoms with van der Waals surface area (Å²) in [6.07, 6.45) is 5.07. The summed E-state index contributed by atoms with van der Waals surface area (Å²) in [5, 5.41) is 2.89. The van der Waals surface area contributed by atoms with E-state index in [9.17, 15) is 0 Å². The van der Waals surface area contributed by atoms with Crippen molar-refractivity contribution >= 4 is 22.9 Å². The molecule has 1 aromatic carbocycles. The van der Waals surface area contributed by atoms with E-state index in [0.717, 1.165) is 5.69 Å². The van der Waals surface area contributed by atoms with Crippen molar-refractivity contribution in [3.05, 3.63) is 30.3 Å². The Bertz CT molecular complexity index is 284. The van der Waals surface area contributed by atoms with Crippen LogP contribution < -0.4 is 5.32 Å². The SMILES string of the molecule is C#CC(=S)Nc1ccccc1. The Labute approximate surface area is 71.4 Å². The molecule has 54 valence electrons. The second kappa shape index (κ2) is 3.75. The van der Waals surface area contributed by atoms with E-state index < -0.39 is 0 Å². The Morgan fingerprint density at radius 3 is 2.55 bits per heavy atom. The normalized spacial score (nSPS) is 8.27. The lowest BCUT2D eigenvalue weighted by atomic mass is 10.3. The van der Waals surface area contributed by atoms with Crippen LogP contribution in [0.5, 0.6) is 0 Å². The Morgan fingerprint density at radius 1 is 1.36 bits per heavy atom. The first-order chi connectivity index (χ1) is 5.33. The molecule has 0 amide bonds. The molecule has 0 radical (unpaired) electrons. The maximum atomic E-state index is 5.07. The van der Waals surface area contributed by atoms with Crippen LogP contribution in [0.4, 0.5) is 5.69 Å². The van der Waals surface area contributed by atoms with Crippen molar-refractivity contribution in [3.8, 4) is 12.3 Å². The quantitative estimate of drug-likeness (QED) is 0.500. The van der Waals surface area contributed by atoms with E-state index in [4.69, 9.17) is 18.6 Å². The molecule has 0 unspecified atom stereocenters. The van der Waals surface area contributed by atoms with Crippen LogP contribution in [0, 0.1) is 12.3 Å². The van der Waals surface area contributed by atoms with Gasteiger partial charge in [-0.25, -0.2) is 0 Å². The molecule has 1 rings (SSSR count). The Morgan fingerprint density at radius 2 is 2.00 bits per heavy atom. The van der Waals surface area contributed by atoms with Gasteiger partial charge in [0.05, 0.1) is 0 Å². The molecule has 2 heteroatoms. The first-order valence-electron chi connectivity index (χ1n) is 3.15. The Hall–Kier alpha value is -1.33. The monoisotopic (exact) mass is 161 g/mol. The highest BCUT2D eigenvalue weighted by Gasteiger charge is 1.89. The zero-order chi connectivity index (χ0) is 8.10. The summed E-state index contributed by atoms with van der Waals surface area (Å²) in [6.45, 7) is 0. The van der Waals surface area contributed by atoms with Gasteiger partial charge >= 0.3 is 0 Å². The molecule has 0 aliphatic rings. The summed E-state index contributed by atoms with van der Waals surface area (Å²) in [4.78, 5) is 0.413. The van der Waals surface area contributed by atoms with Gasteiger partial charge in [-0.1, -0.05) is 30.4 Å². The summed E-state index contributed by atoms with van der Waals surface area (Å²) in [6, 6.07) is 9.58. The van der Waals surface area contributed by atoms with Crippen molar-refractivity contribution in [1.82, 2.24) is 0 Å². The van der Waals surface area contributed by atoms with Crippen LogP contribution in [0.25, 0.3) is 0 Å². The minimum absolute atomic E-state index is 0.413. The van der Waals surface area contributed by atoms with E-state index in [2.05, 4.69) is 11.2 Å². The number of rotatable bonds is 1. The standard InChI is InChI=1S/C9H7NS/c1-2-9(11)10-8-6-4-3-5-7-8/h1,3-7H,(H,10,11). The molecule has 0 saturated heterocycles. The van der Waals surface area contributed by atoms with Gasteiger partial charge in [-0.2, -0.15) is 0 Å². The molecular formula is C9H7NS. The van der Waals surface area contributed by atoms with Gasteiger partial charge in [-0.05, 0) is 18.1 Å². The molecular weight excluding hydrogens is 154 g/mol.